The lowest BCUT2D eigenvalue weighted by Gasteiger charge is -2.12. The number of rotatable bonds is 8. The highest BCUT2D eigenvalue weighted by atomic mass is 79.9. The van der Waals surface area contributed by atoms with Crippen LogP contribution in [0.25, 0.3) is 22.5 Å². The average Bonchev–Trinajstić information content (AvgIpc) is 2.69. The summed E-state index contributed by atoms with van der Waals surface area (Å²) in [7, 11) is 1.96. The van der Waals surface area contributed by atoms with Gasteiger partial charge in [-0.05, 0) is 50.7 Å². The van der Waals surface area contributed by atoms with Crippen LogP contribution in [0.3, 0.4) is 0 Å². The van der Waals surface area contributed by atoms with Gasteiger partial charge in [0.05, 0.1) is 18.5 Å². The lowest BCUT2D eigenvalue weighted by atomic mass is 10.0. The molecule has 0 bridgehead atoms. The van der Waals surface area contributed by atoms with Gasteiger partial charge in [0.1, 0.15) is 5.69 Å². The first-order valence-corrected chi connectivity index (χ1v) is 10.4. The molecule has 0 amide bonds. The van der Waals surface area contributed by atoms with Gasteiger partial charge in [0, 0.05) is 20.1 Å². The van der Waals surface area contributed by atoms with E-state index in [1.807, 2.05) is 55.6 Å². The number of hydrogen-bond donors (Lipinski definition) is 1. The number of nitrogens with zero attached hydrogens (tertiary/aromatic N) is 2. The van der Waals surface area contributed by atoms with E-state index in [2.05, 4.69) is 42.2 Å². The van der Waals surface area contributed by atoms with Gasteiger partial charge in [-0.2, -0.15) is 0 Å². The molecule has 0 spiro atoms. The molecular weight excluding hydrogens is 470 g/mol. The minimum Gasteiger partial charge on any atom is -0.477 e. The predicted molar refractivity (Wildman–Crippen MR) is 117 cm³/mol. The van der Waals surface area contributed by atoms with Crippen LogP contribution in [0.15, 0.2) is 63.7 Å². The second kappa shape index (κ2) is 9.97. The molecule has 0 saturated heterocycles. The van der Waals surface area contributed by atoms with Crippen molar-refractivity contribution in [3.8, 4) is 28.4 Å². The summed E-state index contributed by atoms with van der Waals surface area (Å²) in [5, 5.41) is 3.14. The molecule has 3 rings (SSSR count). The van der Waals surface area contributed by atoms with Crippen molar-refractivity contribution in [2.24, 2.45) is 0 Å². The lowest BCUT2D eigenvalue weighted by molar-refractivity contribution is 0.294. The molecule has 1 aromatic heterocycles. The van der Waals surface area contributed by atoms with Crippen molar-refractivity contribution in [1.29, 1.82) is 0 Å². The third-order valence-corrected chi connectivity index (χ3v) is 5.11. The van der Waals surface area contributed by atoms with Crippen LogP contribution in [0.5, 0.6) is 5.88 Å². The van der Waals surface area contributed by atoms with Crippen molar-refractivity contribution in [3.63, 3.8) is 0 Å². The molecule has 1 N–H and O–H groups in total. The molecule has 3 aromatic rings. The maximum Gasteiger partial charge on any atom is 0.232 e. The van der Waals surface area contributed by atoms with Gasteiger partial charge in [-0.1, -0.05) is 56.1 Å². The van der Waals surface area contributed by atoms with Crippen LogP contribution in [-0.2, 0) is 0 Å². The molecular formula is C21H21Br2N3O. The summed E-state index contributed by atoms with van der Waals surface area (Å²) in [6, 6.07) is 16.2. The Labute approximate surface area is 176 Å². The quantitative estimate of drug-likeness (QED) is 0.410. The second-order valence-electron chi connectivity index (χ2n) is 6.08. The number of nitrogens with one attached hydrogen (secondary N) is 1. The number of aromatic nitrogens is 2. The molecule has 27 heavy (non-hydrogen) atoms. The summed E-state index contributed by atoms with van der Waals surface area (Å²) >= 11 is 6.97. The fourth-order valence-corrected chi connectivity index (χ4v) is 3.18. The van der Waals surface area contributed by atoms with E-state index < -0.39 is 0 Å². The Kier molecular flexibility index (Phi) is 7.38. The zero-order valence-electron chi connectivity index (χ0n) is 15.1. The molecule has 0 atom stereocenters. The van der Waals surface area contributed by atoms with Crippen LogP contribution in [0.4, 0.5) is 0 Å². The highest BCUT2D eigenvalue weighted by Gasteiger charge is 2.13. The van der Waals surface area contributed by atoms with E-state index >= 15 is 0 Å². The fraction of sp³-hybridized carbons (Fsp3) is 0.238. The third-order valence-electron chi connectivity index (χ3n) is 4.06. The Hall–Kier alpha value is -1.76. The number of unbranched alkanes of at least 4 members (excludes halogenated alkanes) is 1. The van der Waals surface area contributed by atoms with Gasteiger partial charge in [0.25, 0.3) is 0 Å². The molecule has 0 aliphatic carbocycles. The van der Waals surface area contributed by atoms with E-state index in [1.165, 1.54) is 0 Å². The maximum absolute atomic E-state index is 5.83. The van der Waals surface area contributed by atoms with Gasteiger partial charge in [-0.15, -0.1) is 0 Å². The van der Waals surface area contributed by atoms with Gasteiger partial charge >= 0.3 is 0 Å². The zero-order chi connectivity index (χ0) is 19.1. The molecule has 0 unspecified atom stereocenters. The van der Waals surface area contributed by atoms with E-state index in [1.54, 1.807) is 6.20 Å². The Balaban J connectivity index is 1.90. The first kappa shape index (κ1) is 20.0. The Morgan fingerprint density at radius 1 is 0.852 bits per heavy atom. The van der Waals surface area contributed by atoms with Crippen LogP contribution in [0.1, 0.15) is 12.8 Å². The first-order valence-electron chi connectivity index (χ1n) is 8.83. The van der Waals surface area contributed by atoms with Crippen molar-refractivity contribution >= 4 is 31.9 Å². The summed E-state index contributed by atoms with van der Waals surface area (Å²) in [5.74, 6) is 0.554. The minimum atomic E-state index is 0.554. The molecule has 0 aliphatic heterocycles. The van der Waals surface area contributed by atoms with E-state index in [0.717, 1.165) is 50.8 Å². The minimum absolute atomic E-state index is 0.554. The molecule has 6 heteroatoms. The number of halogens is 2. The monoisotopic (exact) mass is 489 g/mol. The maximum atomic E-state index is 5.83. The van der Waals surface area contributed by atoms with E-state index in [-0.39, 0.29) is 0 Å². The van der Waals surface area contributed by atoms with Crippen LogP contribution in [-0.4, -0.2) is 30.2 Å². The first-order chi connectivity index (χ1) is 13.2. The number of ether oxygens (including phenoxy) is 1. The normalized spacial score (nSPS) is 10.8. The molecule has 1 heterocycles. The predicted octanol–water partition coefficient (Wildman–Crippen LogP) is 5.71. The Morgan fingerprint density at radius 2 is 1.44 bits per heavy atom. The zero-order valence-corrected chi connectivity index (χ0v) is 18.3. The smallest absolute Gasteiger partial charge is 0.232 e. The van der Waals surface area contributed by atoms with Crippen LogP contribution in [0, 0.1) is 0 Å². The molecule has 2 aromatic carbocycles. The lowest BCUT2D eigenvalue weighted by Crippen LogP contribution is -2.09. The summed E-state index contributed by atoms with van der Waals surface area (Å²) in [6.07, 6.45) is 3.75. The summed E-state index contributed by atoms with van der Waals surface area (Å²) in [6.45, 7) is 1.62. The van der Waals surface area contributed by atoms with Crippen molar-refractivity contribution in [2.45, 2.75) is 12.8 Å². The van der Waals surface area contributed by atoms with Gasteiger partial charge in [0.15, 0.2) is 0 Å². The number of benzene rings is 2. The van der Waals surface area contributed by atoms with E-state index in [0.29, 0.717) is 12.5 Å². The van der Waals surface area contributed by atoms with Crippen molar-refractivity contribution in [2.75, 3.05) is 20.2 Å². The van der Waals surface area contributed by atoms with Crippen molar-refractivity contribution < 1.29 is 4.74 Å². The molecule has 0 aliphatic rings. The van der Waals surface area contributed by atoms with Gasteiger partial charge in [0.2, 0.25) is 5.88 Å². The molecule has 0 fully saturated rings. The highest BCUT2D eigenvalue weighted by Crippen LogP contribution is 2.31. The van der Waals surface area contributed by atoms with Crippen LogP contribution < -0.4 is 10.1 Å². The van der Waals surface area contributed by atoms with Gasteiger partial charge < -0.3 is 10.1 Å². The third kappa shape index (κ3) is 5.61. The van der Waals surface area contributed by atoms with Gasteiger partial charge in [-0.25, -0.2) is 9.97 Å². The summed E-state index contributed by atoms with van der Waals surface area (Å²) < 4.78 is 7.89. The number of hydrogen-bond acceptors (Lipinski definition) is 4. The Bertz CT molecular complexity index is 868. The van der Waals surface area contributed by atoms with Crippen molar-refractivity contribution in [1.82, 2.24) is 15.3 Å². The van der Waals surface area contributed by atoms with Crippen LogP contribution in [0.2, 0.25) is 0 Å². The molecule has 4 nitrogen and oxygen atoms in total. The molecule has 0 radical (unpaired) electrons. The van der Waals surface area contributed by atoms with E-state index in [4.69, 9.17) is 9.72 Å². The average molecular weight is 491 g/mol. The topological polar surface area (TPSA) is 47.0 Å². The molecule has 0 saturated carbocycles. The standard InChI is InChI=1S/C21H21Br2N3O/c1-24-12-2-3-13-27-19-14-25-20(15-4-8-17(22)9-5-15)21(26-19)16-6-10-18(23)11-7-16/h4-11,14,24H,2-3,12-13H2,1H3. The summed E-state index contributed by atoms with van der Waals surface area (Å²) in [5.41, 5.74) is 3.68. The van der Waals surface area contributed by atoms with E-state index in [9.17, 15) is 0 Å². The van der Waals surface area contributed by atoms with Crippen molar-refractivity contribution in [3.05, 3.63) is 63.7 Å². The summed E-state index contributed by atoms with van der Waals surface area (Å²) in [4.78, 5) is 9.43. The SMILES string of the molecule is CNCCCCOc1cnc(-c2ccc(Br)cc2)c(-c2ccc(Br)cc2)n1. The molecule has 140 valence electrons. The van der Waals surface area contributed by atoms with Crippen LogP contribution >= 0.6 is 31.9 Å². The Morgan fingerprint density at radius 3 is 2.04 bits per heavy atom. The largest absolute Gasteiger partial charge is 0.477 e. The van der Waals surface area contributed by atoms with Gasteiger partial charge in [-0.3, -0.25) is 0 Å². The fourth-order valence-electron chi connectivity index (χ4n) is 2.65. The highest BCUT2D eigenvalue weighted by molar-refractivity contribution is 9.10. The second-order valence-corrected chi connectivity index (χ2v) is 7.91.